The van der Waals surface area contributed by atoms with Gasteiger partial charge in [-0.05, 0) is 24.1 Å². The highest BCUT2D eigenvalue weighted by molar-refractivity contribution is 5.82. The van der Waals surface area contributed by atoms with Crippen molar-refractivity contribution in [2.45, 2.75) is 18.9 Å². The van der Waals surface area contributed by atoms with Crippen LogP contribution >= 0.6 is 0 Å². The molecule has 0 aliphatic carbocycles. The summed E-state index contributed by atoms with van der Waals surface area (Å²) < 4.78 is 18.7. The van der Waals surface area contributed by atoms with E-state index in [1.165, 1.54) is 12.1 Å². The van der Waals surface area contributed by atoms with Crippen LogP contribution in [0.3, 0.4) is 0 Å². The van der Waals surface area contributed by atoms with Gasteiger partial charge < -0.3 is 14.5 Å². The van der Waals surface area contributed by atoms with Crippen molar-refractivity contribution in [3.63, 3.8) is 0 Å². The lowest BCUT2D eigenvalue weighted by Gasteiger charge is -2.29. The maximum absolute atomic E-state index is 13.2. The van der Waals surface area contributed by atoms with Crippen molar-refractivity contribution >= 4 is 11.8 Å². The molecule has 0 radical (unpaired) electrons. The van der Waals surface area contributed by atoms with E-state index >= 15 is 0 Å². The molecule has 2 saturated heterocycles. The molecule has 0 N–H and O–H groups in total. The highest BCUT2D eigenvalue weighted by Crippen LogP contribution is 2.20. The molecule has 1 aromatic carbocycles. The van der Waals surface area contributed by atoms with E-state index in [1.54, 1.807) is 22.9 Å². The molecule has 0 aromatic heterocycles. The SMILES string of the molecule is CN1C(=O)[C@H]2COC[C@@H]1CN(C(=O)CCc1cccc(F)c1)C2. The minimum Gasteiger partial charge on any atom is -0.378 e. The van der Waals surface area contributed by atoms with Crippen molar-refractivity contribution in [3.05, 3.63) is 35.6 Å². The van der Waals surface area contributed by atoms with Crippen molar-refractivity contribution in [2.24, 2.45) is 5.92 Å². The van der Waals surface area contributed by atoms with E-state index in [0.717, 1.165) is 5.56 Å². The molecular weight excluding hydrogens is 299 g/mol. The van der Waals surface area contributed by atoms with Crippen molar-refractivity contribution < 1.29 is 18.7 Å². The lowest BCUT2D eigenvalue weighted by Crippen LogP contribution is -2.45. The standard InChI is InChI=1S/C17H21FN2O3/c1-19-15-9-20(8-13(17(19)22)10-23-11-15)16(21)6-5-12-3-2-4-14(18)7-12/h2-4,7,13,15H,5-6,8-11H2,1H3/t13-,15+/m1/s1. The van der Waals surface area contributed by atoms with Gasteiger partial charge >= 0.3 is 0 Å². The molecule has 2 aliphatic heterocycles. The third-order valence-electron chi connectivity index (χ3n) is 4.62. The normalized spacial score (nSPS) is 24.5. The van der Waals surface area contributed by atoms with Gasteiger partial charge in [0.15, 0.2) is 0 Å². The Morgan fingerprint density at radius 3 is 2.96 bits per heavy atom. The monoisotopic (exact) mass is 320 g/mol. The highest BCUT2D eigenvalue weighted by Gasteiger charge is 2.38. The first-order valence-electron chi connectivity index (χ1n) is 7.91. The van der Waals surface area contributed by atoms with Crippen molar-refractivity contribution in [1.29, 1.82) is 0 Å². The molecule has 0 saturated carbocycles. The molecule has 23 heavy (non-hydrogen) atoms. The number of hydrogen-bond acceptors (Lipinski definition) is 3. The second kappa shape index (κ2) is 6.66. The first-order chi connectivity index (χ1) is 11.0. The maximum Gasteiger partial charge on any atom is 0.229 e. The van der Waals surface area contributed by atoms with Crippen LogP contribution < -0.4 is 0 Å². The van der Waals surface area contributed by atoms with E-state index in [0.29, 0.717) is 39.1 Å². The summed E-state index contributed by atoms with van der Waals surface area (Å²) in [6.45, 7) is 1.74. The Morgan fingerprint density at radius 1 is 1.35 bits per heavy atom. The minimum atomic E-state index is -0.288. The third-order valence-corrected chi connectivity index (χ3v) is 4.62. The van der Waals surface area contributed by atoms with Gasteiger partial charge in [-0.25, -0.2) is 4.39 Å². The molecule has 2 atom stereocenters. The summed E-state index contributed by atoms with van der Waals surface area (Å²) in [6, 6.07) is 6.22. The number of benzene rings is 1. The fraction of sp³-hybridized carbons (Fsp3) is 0.529. The van der Waals surface area contributed by atoms with Crippen molar-refractivity contribution in [1.82, 2.24) is 9.80 Å². The van der Waals surface area contributed by atoms with E-state index in [-0.39, 0.29) is 29.6 Å². The number of nitrogens with zero attached hydrogens (tertiary/aromatic N) is 2. The predicted octanol–water partition coefficient (Wildman–Crippen LogP) is 1.07. The van der Waals surface area contributed by atoms with Gasteiger partial charge in [-0.1, -0.05) is 12.1 Å². The molecule has 2 fully saturated rings. The van der Waals surface area contributed by atoms with E-state index < -0.39 is 0 Å². The van der Waals surface area contributed by atoms with Crippen molar-refractivity contribution in [3.8, 4) is 0 Å². The average molecular weight is 320 g/mol. The van der Waals surface area contributed by atoms with Crippen LogP contribution in [-0.4, -0.2) is 61.0 Å². The molecule has 2 bridgehead atoms. The number of likely N-dealkylation sites (N-methyl/N-ethyl adjacent to an activating group) is 1. The minimum absolute atomic E-state index is 0.00858. The van der Waals surface area contributed by atoms with Crippen LogP contribution in [0.1, 0.15) is 12.0 Å². The van der Waals surface area contributed by atoms with Gasteiger partial charge in [0.1, 0.15) is 5.82 Å². The molecule has 3 rings (SSSR count). The second-order valence-corrected chi connectivity index (χ2v) is 6.27. The Morgan fingerprint density at radius 2 is 2.17 bits per heavy atom. The maximum atomic E-state index is 13.2. The Labute approximate surface area is 135 Å². The average Bonchev–Trinajstić information content (AvgIpc) is 2.70. The summed E-state index contributed by atoms with van der Waals surface area (Å²) in [6.07, 6.45) is 0.824. The Balaban J connectivity index is 1.64. The number of aryl methyl sites for hydroxylation is 1. The van der Waals surface area contributed by atoms with Gasteiger partial charge in [0, 0.05) is 26.6 Å². The van der Waals surface area contributed by atoms with Gasteiger partial charge in [-0.15, -0.1) is 0 Å². The molecule has 2 aliphatic rings. The molecule has 2 heterocycles. The number of hydrogen-bond donors (Lipinski definition) is 0. The zero-order chi connectivity index (χ0) is 16.4. The lowest BCUT2D eigenvalue weighted by molar-refractivity contribution is -0.134. The summed E-state index contributed by atoms with van der Waals surface area (Å²) in [5, 5.41) is 0. The topological polar surface area (TPSA) is 49.9 Å². The van der Waals surface area contributed by atoms with Gasteiger partial charge in [-0.3, -0.25) is 9.59 Å². The predicted molar refractivity (Wildman–Crippen MR) is 82.2 cm³/mol. The molecular formula is C17H21FN2O3. The first-order valence-corrected chi connectivity index (χ1v) is 7.91. The summed E-state index contributed by atoms with van der Waals surface area (Å²) in [4.78, 5) is 28.3. The number of ether oxygens (including phenoxy) is 1. The van der Waals surface area contributed by atoms with Crippen LogP contribution in [0.5, 0.6) is 0 Å². The highest BCUT2D eigenvalue weighted by atomic mass is 19.1. The number of carbonyl (C=O) groups is 2. The second-order valence-electron chi connectivity index (χ2n) is 6.27. The molecule has 6 heteroatoms. The van der Waals surface area contributed by atoms with E-state index in [9.17, 15) is 14.0 Å². The Kier molecular flexibility index (Phi) is 4.61. The molecule has 2 amide bonds. The van der Waals surface area contributed by atoms with Gasteiger partial charge in [0.2, 0.25) is 11.8 Å². The number of amides is 2. The molecule has 0 spiro atoms. The zero-order valence-corrected chi connectivity index (χ0v) is 13.2. The Hall–Kier alpha value is -1.95. The number of fused-ring (bicyclic) bond motifs is 3. The number of rotatable bonds is 3. The molecule has 5 nitrogen and oxygen atoms in total. The van der Waals surface area contributed by atoms with Gasteiger partial charge in [-0.2, -0.15) is 0 Å². The quantitative estimate of drug-likeness (QED) is 0.837. The van der Waals surface area contributed by atoms with E-state index in [4.69, 9.17) is 4.74 Å². The van der Waals surface area contributed by atoms with Gasteiger partial charge in [0.25, 0.3) is 0 Å². The van der Waals surface area contributed by atoms with Crippen molar-refractivity contribution in [2.75, 3.05) is 33.4 Å². The van der Waals surface area contributed by atoms with Crippen LogP contribution in [-0.2, 0) is 20.7 Å². The Bertz CT molecular complexity index is 607. The van der Waals surface area contributed by atoms with Crippen LogP contribution in [0.2, 0.25) is 0 Å². The van der Waals surface area contributed by atoms with Crippen LogP contribution in [0.15, 0.2) is 24.3 Å². The summed E-state index contributed by atoms with van der Waals surface area (Å²) in [7, 11) is 1.77. The fourth-order valence-electron chi connectivity index (χ4n) is 3.20. The van der Waals surface area contributed by atoms with Gasteiger partial charge in [0.05, 0.1) is 25.2 Å². The smallest absolute Gasteiger partial charge is 0.229 e. The number of carbonyl (C=O) groups excluding carboxylic acids is 2. The summed E-state index contributed by atoms with van der Waals surface area (Å²) in [5.74, 6) is -0.517. The summed E-state index contributed by atoms with van der Waals surface area (Å²) in [5.41, 5.74) is 0.810. The summed E-state index contributed by atoms with van der Waals surface area (Å²) >= 11 is 0. The zero-order valence-electron chi connectivity index (χ0n) is 13.2. The van der Waals surface area contributed by atoms with E-state index in [1.807, 2.05) is 6.07 Å². The first kappa shape index (κ1) is 15.9. The van der Waals surface area contributed by atoms with Crippen LogP contribution in [0.4, 0.5) is 4.39 Å². The number of halogens is 1. The van der Waals surface area contributed by atoms with E-state index in [2.05, 4.69) is 0 Å². The fourth-order valence-corrected chi connectivity index (χ4v) is 3.20. The third kappa shape index (κ3) is 3.52. The molecule has 1 aromatic rings. The van der Waals surface area contributed by atoms with Crippen LogP contribution in [0, 0.1) is 11.7 Å². The molecule has 124 valence electrons. The van der Waals surface area contributed by atoms with Crippen LogP contribution in [0.25, 0.3) is 0 Å². The molecule has 0 unspecified atom stereocenters. The lowest BCUT2D eigenvalue weighted by atomic mass is 10.1. The largest absolute Gasteiger partial charge is 0.378 e.